The summed E-state index contributed by atoms with van der Waals surface area (Å²) in [7, 11) is -6.89. The van der Waals surface area contributed by atoms with Crippen molar-refractivity contribution in [2.24, 2.45) is 0 Å². The van der Waals surface area contributed by atoms with E-state index in [0.717, 1.165) is 28.2 Å². The Bertz CT molecular complexity index is 1160. The highest BCUT2D eigenvalue weighted by atomic mass is 31.2. The van der Waals surface area contributed by atoms with Gasteiger partial charge in [0.1, 0.15) is 7.14 Å². The Morgan fingerprint density at radius 1 is 0.795 bits per heavy atom. The van der Waals surface area contributed by atoms with Crippen LogP contribution in [0.4, 0.5) is 0 Å². The fourth-order valence-corrected chi connectivity index (χ4v) is 9.77. The van der Waals surface area contributed by atoms with Gasteiger partial charge in [0.05, 0.1) is 12.2 Å². The van der Waals surface area contributed by atoms with Crippen LogP contribution >= 0.6 is 7.14 Å². The van der Waals surface area contributed by atoms with Gasteiger partial charge in [-0.2, -0.15) is 0 Å². The molecule has 214 valence electrons. The van der Waals surface area contributed by atoms with E-state index in [9.17, 15) is 4.57 Å². The number of benzene rings is 2. The van der Waals surface area contributed by atoms with Crippen LogP contribution in [0.5, 0.6) is 0 Å². The van der Waals surface area contributed by atoms with Crippen LogP contribution in [0.15, 0.2) is 84.5 Å². The summed E-state index contributed by atoms with van der Waals surface area (Å²) in [4.78, 5) is 0. The van der Waals surface area contributed by atoms with Crippen LogP contribution in [-0.2, 0) is 13.4 Å². The maximum Gasteiger partial charge on any atom is 0.192 e. The van der Waals surface area contributed by atoms with Crippen LogP contribution in [0.2, 0.25) is 36.3 Å². The first-order chi connectivity index (χ1) is 17.9. The van der Waals surface area contributed by atoms with Crippen molar-refractivity contribution in [3.8, 4) is 0 Å². The lowest BCUT2D eigenvalue weighted by atomic mass is 9.89. The van der Waals surface area contributed by atoms with Crippen LogP contribution < -0.4 is 10.6 Å². The quantitative estimate of drug-likeness (QED) is 0.219. The first-order valence-electron chi connectivity index (χ1n) is 14.3. The lowest BCUT2D eigenvalue weighted by Crippen LogP contribution is -2.48. The Morgan fingerprint density at radius 2 is 1.23 bits per heavy atom. The van der Waals surface area contributed by atoms with Crippen LogP contribution in [0.1, 0.15) is 54.4 Å². The molecule has 3 nitrogen and oxygen atoms in total. The lowest BCUT2D eigenvalue weighted by Gasteiger charge is -2.44. The molecule has 0 aromatic heterocycles. The van der Waals surface area contributed by atoms with Gasteiger partial charge in [-0.05, 0) is 53.8 Å². The van der Waals surface area contributed by atoms with E-state index in [1.54, 1.807) is 0 Å². The van der Waals surface area contributed by atoms with E-state index < -0.39 is 23.8 Å². The molecule has 0 radical (unpaired) electrons. The van der Waals surface area contributed by atoms with E-state index in [2.05, 4.69) is 80.4 Å². The molecule has 0 spiro atoms. The number of rotatable bonds is 9. The highest BCUT2D eigenvalue weighted by molar-refractivity contribution is 7.78. The molecule has 6 heteroatoms. The Balaban J connectivity index is 1.98. The smallest absolute Gasteiger partial charge is 0.192 e. The molecule has 0 saturated heterocycles. The topological polar surface area (TPSA) is 35.5 Å². The second-order valence-electron chi connectivity index (χ2n) is 14.1. The van der Waals surface area contributed by atoms with Crippen molar-refractivity contribution in [3.05, 3.63) is 84.5 Å². The largest absolute Gasteiger partial charge is 0.410 e. The third kappa shape index (κ3) is 7.43. The van der Waals surface area contributed by atoms with Crippen molar-refractivity contribution in [1.82, 2.24) is 0 Å². The summed E-state index contributed by atoms with van der Waals surface area (Å²) in [6, 6.07) is 19.9. The summed E-state index contributed by atoms with van der Waals surface area (Å²) in [5.74, 6) is 0. The molecule has 2 aromatic carbocycles. The minimum absolute atomic E-state index is 0.0333. The first-order valence-corrected chi connectivity index (χ1v) is 22.0. The molecule has 0 amide bonds. The predicted molar refractivity (Wildman–Crippen MR) is 175 cm³/mol. The van der Waals surface area contributed by atoms with Crippen LogP contribution in [-0.4, -0.2) is 35.0 Å². The molecule has 1 aliphatic carbocycles. The zero-order valence-electron chi connectivity index (χ0n) is 26.0. The second kappa shape index (κ2) is 11.8. The fourth-order valence-electron chi connectivity index (χ4n) is 4.52. The highest BCUT2D eigenvalue weighted by Crippen LogP contribution is 2.47. The third-order valence-corrected chi connectivity index (χ3v) is 21.3. The number of hydrogen-bond donors (Lipinski definition) is 0. The fraction of sp³-hybridized carbons (Fsp3) is 0.515. The van der Waals surface area contributed by atoms with Gasteiger partial charge in [-0.25, -0.2) is 0 Å². The first kappa shape index (κ1) is 32.0. The zero-order chi connectivity index (χ0) is 29.3. The van der Waals surface area contributed by atoms with Gasteiger partial charge in [-0.15, -0.1) is 0 Å². The second-order valence-corrected chi connectivity index (χ2v) is 26.6. The van der Waals surface area contributed by atoms with Gasteiger partial charge in [0.25, 0.3) is 0 Å². The van der Waals surface area contributed by atoms with Crippen molar-refractivity contribution >= 4 is 34.4 Å². The van der Waals surface area contributed by atoms with Crippen molar-refractivity contribution < 1.29 is 13.4 Å². The molecule has 2 atom stereocenters. The van der Waals surface area contributed by atoms with Gasteiger partial charge in [0, 0.05) is 23.2 Å². The van der Waals surface area contributed by atoms with Crippen molar-refractivity contribution in [2.45, 2.75) is 103 Å². The Labute approximate surface area is 240 Å². The van der Waals surface area contributed by atoms with Crippen LogP contribution in [0.3, 0.4) is 0 Å². The summed E-state index contributed by atoms with van der Waals surface area (Å²) in [6.07, 6.45) is 4.16. The Hall–Kier alpha value is -1.50. The molecule has 0 fully saturated rings. The lowest BCUT2D eigenvalue weighted by molar-refractivity contribution is 0.129. The Morgan fingerprint density at radius 3 is 1.67 bits per heavy atom. The Kier molecular flexibility index (Phi) is 9.67. The molecule has 0 saturated carbocycles. The maximum absolute atomic E-state index is 14.7. The molecular formula is C33H51O3PSi2. The molecule has 0 aliphatic heterocycles. The molecule has 3 rings (SSSR count). The van der Waals surface area contributed by atoms with E-state index in [0.29, 0.717) is 12.6 Å². The molecule has 0 unspecified atom stereocenters. The monoisotopic (exact) mass is 582 g/mol. The maximum atomic E-state index is 14.7. The molecule has 39 heavy (non-hydrogen) atoms. The summed E-state index contributed by atoms with van der Waals surface area (Å²) in [5, 5.41) is 2.02. The highest BCUT2D eigenvalue weighted by Gasteiger charge is 2.44. The van der Waals surface area contributed by atoms with E-state index >= 15 is 0 Å². The minimum Gasteiger partial charge on any atom is -0.410 e. The van der Waals surface area contributed by atoms with Gasteiger partial charge >= 0.3 is 0 Å². The standard InChI is InChI=1S/C33H51O3PSi2/c1-26-27(22-23-37(34,29-18-14-12-15-19-29)30-20-16-13-17-21-30)24-28(35-38(8,9)32(2,3)4)25-31(26)36-39(10,11)33(5,6)7/h12-21,24,28,31H,1,22-23,25H2,2-11H3/t28-,31+/m1/s1. The zero-order valence-corrected chi connectivity index (χ0v) is 28.9. The van der Waals surface area contributed by atoms with E-state index in [4.69, 9.17) is 8.85 Å². The van der Waals surface area contributed by atoms with Crippen LogP contribution in [0, 0.1) is 0 Å². The molecule has 0 heterocycles. The van der Waals surface area contributed by atoms with E-state index in [-0.39, 0.29) is 22.3 Å². The number of hydrogen-bond acceptors (Lipinski definition) is 3. The normalized spacial score (nSPS) is 19.6. The SMILES string of the molecule is C=C1C(CCP(=O)(c2ccccc2)c2ccccc2)=C[C@@H](O[Si](C)(C)C(C)(C)C)C[C@@H]1O[Si](C)(C)C(C)(C)C. The van der Waals surface area contributed by atoms with Crippen molar-refractivity contribution in [2.75, 3.05) is 6.16 Å². The minimum atomic E-state index is -2.84. The predicted octanol–water partition coefficient (Wildman–Crippen LogP) is 9.06. The summed E-state index contributed by atoms with van der Waals surface area (Å²) in [6.45, 7) is 27.5. The van der Waals surface area contributed by atoms with Gasteiger partial charge in [0.15, 0.2) is 16.6 Å². The van der Waals surface area contributed by atoms with E-state index in [1.807, 2.05) is 60.7 Å². The summed E-state index contributed by atoms with van der Waals surface area (Å²) < 4.78 is 28.7. The van der Waals surface area contributed by atoms with Crippen molar-refractivity contribution in [1.29, 1.82) is 0 Å². The van der Waals surface area contributed by atoms with Gasteiger partial charge in [-0.3, -0.25) is 0 Å². The average molecular weight is 583 g/mol. The molecule has 0 N–H and O–H groups in total. The summed E-state index contributed by atoms with van der Waals surface area (Å²) >= 11 is 0. The molecular weight excluding hydrogens is 532 g/mol. The molecule has 2 aromatic rings. The van der Waals surface area contributed by atoms with Crippen LogP contribution in [0.25, 0.3) is 0 Å². The van der Waals surface area contributed by atoms with E-state index in [1.165, 1.54) is 0 Å². The van der Waals surface area contributed by atoms with Crippen molar-refractivity contribution in [3.63, 3.8) is 0 Å². The van der Waals surface area contributed by atoms with Gasteiger partial charge in [0.2, 0.25) is 0 Å². The molecule has 1 aliphatic rings. The average Bonchev–Trinajstić information content (AvgIpc) is 2.84. The third-order valence-electron chi connectivity index (χ3n) is 9.17. The molecule has 0 bridgehead atoms. The van der Waals surface area contributed by atoms with Gasteiger partial charge in [-0.1, -0.05) is 115 Å². The van der Waals surface area contributed by atoms with Gasteiger partial charge < -0.3 is 13.4 Å². The summed E-state index contributed by atoms with van der Waals surface area (Å²) in [5.41, 5.74) is 2.17.